The van der Waals surface area contributed by atoms with Gasteiger partial charge in [0.2, 0.25) is 0 Å². The number of aromatic nitrogens is 1. The first kappa shape index (κ1) is 13.3. The van der Waals surface area contributed by atoms with Gasteiger partial charge in [-0.2, -0.15) is 0 Å². The van der Waals surface area contributed by atoms with E-state index in [1.54, 1.807) is 0 Å². The topological polar surface area (TPSA) is 19.0 Å². The third-order valence-electron chi connectivity index (χ3n) is 5.06. The zero-order chi connectivity index (χ0) is 15.4. The highest BCUT2D eigenvalue weighted by molar-refractivity contribution is 6.39. The minimum Gasteiger partial charge on any atom is -0.363 e. The third-order valence-corrected chi connectivity index (χ3v) is 5.43. The van der Waals surface area contributed by atoms with Gasteiger partial charge in [0.05, 0.1) is 22.3 Å². The summed E-state index contributed by atoms with van der Waals surface area (Å²) in [5.74, 6) is 0. The van der Waals surface area contributed by atoms with Gasteiger partial charge < -0.3 is 9.88 Å². The number of hydrogen-bond acceptors (Lipinski definition) is 1. The molecule has 0 fully saturated rings. The number of rotatable bonds is 1. The fourth-order valence-electron chi connectivity index (χ4n) is 3.97. The van der Waals surface area contributed by atoms with Gasteiger partial charge in [-0.15, -0.1) is 0 Å². The smallest absolute Gasteiger partial charge is 0.0883 e. The summed E-state index contributed by atoms with van der Waals surface area (Å²) in [6, 6.07) is 11.2. The molecular formula is C20H17ClN2. The van der Waals surface area contributed by atoms with E-state index in [-0.39, 0.29) is 0 Å². The number of aromatic amines is 1. The van der Waals surface area contributed by atoms with Crippen LogP contribution in [-0.2, 0) is 6.42 Å². The molecule has 1 N–H and O–H groups in total. The van der Waals surface area contributed by atoms with E-state index in [9.17, 15) is 0 Å². The third kappa shape index (κ3) is 1.88. The van der Waals surface area contributed by atoms with Gasteiger partial charge in [0.25, 0.3) is 0 Å². The van der Waals surface area contributed by atoms with Crippen LogP contribution in [0.15, 0.2) is 54.6 Å². The molecule has 2 nitrogen and oxygen atoms in total. The first-order valence-electron chi connectivity index (χ1n) is 8.15. The zero-order valence-electron chi connectivity index (χ0n) is 12.7. The monoisotopic (exact) mass is 320 g/mol. The molecule has 1 atom stereocenters. The highest BCUT2D eigenvalue weighted by Crippen LogP contribution is 2.43. The van der Waals surface area contributed by atoms with E-state index in [0.29, 0.717) is 6.04 Å². The van der Waals surface area contributed by atoms with Crippen LogP contribution in [0.4, 0.5) is 5.69 Å². The number of para-hydroxylation sites is 1. The maximum Gasteiger partial charge on any atom is 0.0883 e. The van der Waals surface area contributed by atoms with Crippen LogP contribution in [0.2, 0.25) is 5.02 Å². The van der Waals surface area contributed by atoms with Crippen molar-refractivity contribution in [2.24, 2.45) is 0 Å². The highest BCUT2D eigenvalue weighted by Gasteiger charge is 2.29. The van der Waals surface area contributed by atoms with Crippen molar-refractivity contribution in [3.63, 3.8) is 0 Å². The van der Waals surface area contributed by atoms with Gasteiger partial charge in [0, 0.05) is 22.8 Å². The van der Waals surface area contributed by atoms with Crippen LogP contribution in [-0.4, -0.2) is 17.6 Å². The first-order valence-corrected chi connectivity index (χ1v) is 8.52. The van der Waals surface area contributed by atoms with Crippen molar-refractivity contribution in [1.82, 2.24) is 4.98 Å². The number of allylic oxidation sites excluding steroid dienone is 2. The molecule has 3 heteroatoms. The zero-order valence-corrected chi connectivity index (χ0v) is 13.5. The van der Waals surface area contributed by atoms with E-state index < -0.39 is 0 Å². The van der Waals surface area contributed by atoms with E-state index in [4.69, 9.17) is 11.6 Å². The van der Waals surface area contributed by atoms with Crippen molar-refractivity contribution in [3.05, 3.63) is 65.2 Å². The van der Waals surface area contributed by atoms with Gasteiger partial charge in [-0.25, -0.2) is 0 Å². The molecule has 0 bridgehead atoms. The minimum absolute atomic E-state index is 0.417. The summed E-state index contributed by atoms with van der Waals surface area (Å²) in [5.41, 5.74) is 4.81. The summed E-state index contributed by atoms with van der Waals surface area (Å²) in [7, 11) is 0. The van der Waals surface area contributed by atoms with Crippen molar-refractivity contribution in [2.75, 3.05) is 11.4 Å². The quantitative estimate of drug-likeness (QED) is 0.651. The molecule has 3 aromatic rings. The lowest BCUT2D eigenvalue weighted by molar-refractivity contribution is 0.712. The van der Waals surface area contributed by atoms with Crippen LogP contribution in [0, 0.1) is 0 Å². The second-order valence-electron chi connectivity index (χ2n) is 6.35. The Balaban J connectivity index is 1.73. The van der Waals surface area contributed by atoms with Crippen LogP contribution < -0.4 is 4.90 Å². The molecule has 0 saturated carbocycles. The number of hydrogen-bond donors (Lipinski definition) is 1. The largest absolute Gasteiger partial charge is 0.363 e. The van der Waals surface area contributed by atoms with Crippen molar-refractivity contribution < 1.29 is 0 Å². The van der Waals surface area contributed by atoms with E-state index in [0.717, 1.165) is 35.4 Å². The van der Waals surface area contributed by atoms with Crippen molar-refractivity contribution >= 4 is 39.1 Å². The fourth-order valence-corrected chi connectivity index (χ4v) is 4.35. The average molecular weight is 321 g/mol. The predicted molar refractivity (Wildman–Crippen MR) is 98.5 cm³/mol. The van der Waals surface area contributed by atoms with E-state index in [2.05, 4.69) is 64.5 Å². The Hall–Kier alpha value is -2.19. The molecule has 114 valence electrons. The van der Waals surface area contributed by atoms with Crippen molar-refractivity contribution in [3.8, 4) is 0 Å². The van der Waals surface area contributed by atoms with Gasteiger partial charge in [-0.1, -0.05) is 54.1 Å². The minimum atomic E-state index is 0.417. The summed E-state index contributed by atoms with van der Waals surface area (Å²) < 4.78 is 0. The molecule has 5 rings (SSSR count). The van der Waals surface area contributed by atoms with Crippen LogP contribution >= 0.6 is 11.6 Å². The van der Waals surface area contributed by atoms with Crippen LogP contribution in [0.1, 0.15) is 12.0 Å². The second-order valence-corrected chi connectivity index (χ2v) is 6.73. The number of halogens is 1. The predicted octanol–water partition coefficient (Wildman–Crippen LogP) is 5.22. The normalized spacial score (nSPS) is 19.9. The molecule has 1 aliphatic heterocycles. The number of fused-ring (bicyclic) bond motifs is 4. The molecule has 1 unspecified atom stereocenters. The summed E-state index contributed by atoms with van der Waals surface area (Å²) >= 11 is 6.86. The average Bonchev–Trinajstić information content (AvgIpc) is 3.18. The van der Waals surface area contributed by atoms with Crippen LogP contribution in [0.5, 0.6) is 0 Å². The molecule has 2 aromatic carbocycles. The molecule has 0 saturated heterocycles. The maximum absolute atomic E-state index is 6.86. The molecule has 1 aliphatic carbocycles. The molecule has 23 heavy (non-hydrogen) atoms. The fraction of sp³-hybridized carbons (Fsp3) is 0.200. The summed E-state index contributed by atoms with van der Waals surface area (Å²) in [5, 5.41) is 3.37. The Morgan fingerprint density at radius 2 is 2.04 bits per heavy atom. The van der Waals surface area contributed by atoms with Crippen molar-refractivity contribution in [2.45, 2.75) is 18.9 Å². The number of anilines is 1. The maximum atomic E-state index is 6.86. The Kier molecular flexibility index (Phi) is 2.83. The molecule has 0 amide bonds. The SMILES string of the molecule is Clc1c2c(cc3c1[nH]c1ccccc13)CCN2C1C=CC=CC1. The summed E-state index contributed by atoms with van der Waals surface area (Å²) in [4.78, 5) is 5.97. The standard InChI is InChI=1S/C20H17ClN2/c21-18-19-16(15-8-4-5-9-17(15)22-19)12-13-10-11-23(20(13)18)14-6-2-1-3-7-14/h1-6,8-9,12,14,22H,7,10-11H2. The van der Waals surface area contributed by atoms with Gasteiger partial charge in [0.15, 0.2) is 0 Å². The van der Waals surface area contributed by atoms with Crippen LogP contribution in [0.3, 0.4) is 0 Å². The Morgan fingerprint density at radius 1 is 1.13 bits per heavy atom. The Labute approximate surface area is 140 Å². The Bertz CT molecular complexity index is 980. The molecule has 2 aliphatic rings. The highest BCUT2D eigenvalue weighted by atomic mass is 35.5. The molecular weight excluding hydrogens is 304 g/mol. The second kappa shape index (κ2) is 4.90. The van der Waals surface area contributed by atoms with E-state index in [1.807, 2.05) is 0 Å². The molecule has 0 radical (unpaired) electrons. The lowest BCUT2D eigenvalue weighted by atomic mass is 10.1. The number of benzene rings is 2. The number of nitrogens with one attached hydrogen (secondary N) is 1. The molecule has 1 aromatic heterocycles. The number of H-pyrrole nitrogens is 1. The van der Waals surface area contributed by atoms with Crippen LogP contribution in [0.25, 0.3) is 21.8 Å². The first-order chi connectivity index (χ1) is 11.3. The lowest BCUT2D eigenvalue weighted by Crippen LogP contribution is -2.32. The van der Waals surface area contributed by atoms with E-state index >= 15 is 0 Å². The van der Waals surface area contributed by atoms with Gasteiger partial charge in [-0.3, -0.25) is 0 Å². The van der Waals surface area contributed by atoms with Gasteiger partial charge in [0.1, 0.15) is 0 Å². The molecule has 2 heterocycles. The Morgan fingerprint density at radius 3 is 2.91 bits per heavy atom. The van der Waals surface area contributed by atoms with Gasteiger partial charge in [-0.05, 0) is 30.5 Å². The number of nitrogens with zero attached hydrogens (tertiary/aromatic N) is 1. The van der Waals surface area contributed by atoms with Gasteiger partial charge >= 0.3 is 0 Å². The summed E-state index contributed by atoms with van der Waals surface area (Å²) in [6.45, 7) is 1.04. The lowest BCUT2D eigenvalue weighted by Gasteiger charge is -2.29. The molecule has 0 spiro atoms. The summed E-state index contributed by atoms with van der Waals surface area (Å²) in [6.07, 6.45) is 10.9. The van der Waals surface area contributed by atoms with E-state index in [1.165, 1.54) is 22.0 Å². The van der Waals surface area contributed by atoms with Crippen molar-refractivity contribution in [1.29, 1.82) is 0 Å².